The SMILES string of the molecule is COc1ccc([C@@H]2c3c(oc4ccccc4c3=O)C(=O)N2Cc2ccc3c(c2)OCO3)cc1OC. The monoisotopic (exact) mass is 471 g/mol. The van der Waals surface area contributed by atoms with Crippen molar-refractivity contribution in [1.29, 1.82) is 0 Å². The molecule has 35 heavy (non-hydrogen) atoms. The first-order chi connectivity index (χ1) is 17.1. The number of nitrogens with zero attached hydrogens (tertiary/aromatic N) is 1. The fraction of sp³-hybridized carbons (Fsp3) is 0.185. The molecule has 0 bridgehead atoms. The van der Waals surface area contributed by atoms with Crippen molar-refractivity contribution in [3.8, 4) is 23.0 Å². The zero-order valence-electron chi connectivity index (χ0n) is 19.1. The normalized spacial score (nSPS) is 16.0. The molecule has 3 heterocycles. The number of benzene rings is 3. The molecule has 0 spiro atoms. The number of carbonyl (C=O) groups excluding carboxylic acids is 1. The second-order valence-electron chi connectivity index (χ2n) is 8.31. The number of carbonyl (C=O) groups is 1. The maximum absolute atomic E-state index is 13.7. The van der Waals surface area contributed by atoms with Crippen molar-refractivity contribution < 1.29 is 28.2 Å². The molecular weight excluding hydrogens is 450 g/mol. The molecule has 2 aliphatic heterocycles. The van der Waals surface area contributed by atoms with E-state index in [1.807, 2.05) is 24.3 Å². The second-order valence-corrected chi connectivity index (χ2v) is 8.31. The first kappa shape index (κ1) is 21.1. The summed E-state index contributed by atoms with van der Waals surface area (Å²) in [6, 6.07) is 17.2. The molecule has 0 radical (unpaired) electrons. The van der Waals surface area contributed by atoms with E-state index in [9.17, 15) is 9.59 Å². The summed E-state index contributed by atoms with van der Waals surface area (Å²) in [5.41, 5.74) is 1.99. The van der Waals surface area contributed by atoms with Crippen LogP contribution in [0.25, 0.3) is 11.0 Å². The van der Waals surface area contributed by atoms with Crippen LogP contribution < -0.4 is 24.4 Å². The van der Waals surface area contributed by atoms with Gasteiger partial charge in [-0.05, 0) is 47.5 Å². The zero-order chi connectivity index (χ0) is 24.1. The Labute approximate surface area is 200 Å². The Morgan fingerprint density at radius 1 is 0.914 bits per heavy atom. The summed E-state index contributed by atoms with van der Waals surface area (Å²) in [5, 5.41) is 0.425. The number of hydrogen-bond acceptors (Lipinski definition) is 7. The van der Waals surface area contributed by atoms with Crippen LogP contribution in [-0.2, 0) is 6.54 Å². The van der Waals surface area contributed by atoms with Gasteiger partial charge in [-0.25, -0.2) is 0 Å². The van der Waals surface area contributed by atoms with Crippen LogP contribution in [0.3, 0.4) is 0 Å². The molecule has 8 heteroatoms. The Bertz CT molecular complexity index is 1540. The summed E-state index contributed by atoms with van der Waals surface area (Å²) >= 11 is 0. The zero-order valence-corrected chi connectivity index (χ0v) is 19.1. The predicted octanol–water partition coefficient (Wildman–Crippen LogP) is 4.28. The molecule has 4 aromatic rings. The van der Waals surface area contributed by atoms with Crippen molar-refractivity contribution in [1.82, 2.24) is 4.90 Å². The Balaban J connectivity index is 1.53. The van der Waals surface area contributed by atoms with Crippen molar-refractivity contribution in [3.63, 3.8) is 0 Å². The average Bonchev–Trinajstić information content (AvgIpc) is 3.46. The number of hydrogen-bond donors (Lipinski definition) is 0. The van der Waals surface area contributed by atoms with Crippen molar-refractivity contribution in [2.45, 2.75) is 12.6 Å². The van der Waals surface area contributed by atoms with Crippen molar-refractivity contribution in [3.05, 3.63) is 93.3 Å². The Hall–Kier alpha value is -4.46. The largest absolute Gasteiger partial charge is 0.493 e. The number of methoxy groups -OCH3 is 2. The number of amides is 1. The van der Waals surface area contributed by atoms with Crippen molar-refractivity contribution in [2.24, 2.45) is 0 Å². The summed E-state index contributed by atoms with van der Waals surface area (Å²) in [4.78, 5) is 29.0. The van der Waals surface area contributed by atoms with Crippen LogP contribution in [0.15, 0.2) is 69.9 Å². The van der Waals surface area contributed by atoms with Gasteiger partial charge < -0.3 is 28.3 Å². The van der Waals surface area contributed by atoms with E-state index in [1.165, 1.54) is 0 Å². The minimum Gasteiger partial charge on any atom is -0.493 e. The average molecular weight is 471 g/mol. The standard InChI is InChI=1S/C27H21NO7/c1-31-19-10-8-16(12-21(19)32-2)24-23-25(29)17-5-3-4-6-18(17)35-26(23)27(30)28(24)13-15-7-9-20-22(11-15)34-14-33-20/h3-12,24H,13-14H2,1-2H3/t24-/m1/s1. The molecule has 0 aliphatic carbocycles. The van der Waals surface area contributed by atoms with Crippen LogP contribution in [-0.4, -0.2) is 31.8 Å². The highest BCUT2D eigenvalue weighted by atomic mass is 16.7. The van der Waals surface area contributed by atoms with Gasteiger partial charge >= 0.3 is 0 Å². The number of fused-ring (bicyclic) bond motifs is 3. The number of para-hydroxylation sites is 1. The van der Waals surface area contributed by atoms with Crippen LogP contribution in [0.5, 0.6) is 23.0 Å². The molecule has 0 saturated carbocycles. The molecular formula is C27H21NO7. The lowest BCUT2D eigenvalue weighted by molar-refractivity contribution is 0.0714. The number of ether oxygens (including phenoxy) is 4. The third-order valence-electron chi connectivity index (χ3n) is 6.39. The highest BCUT2D eigenvalue weighted by Gasteiger charge is 2.43. The summed E-state index contributed by atoms with van der Waals surface area (Å²) in [6.45, 7) is 0.390. The van der Waals surface area contributed by atoms with E-state index in [4.69, 9.17) is 23.4 Å². The van der Waals surface area contributed by atoms with E-state index in [0.29, 0.717) is 45.1 Å². The van der Waals surface area contributed by atoms with Gasteiger partial charge in [0.15, 0.2) is 28.4 Å². The van der Waals surface area contributed by atoms with Crippen molar-refractivity contribution >= 4 is 16.9 Å². The Morgan fingerprint density at radius 3 is 2.54 bits per heavy atom. The lowest BCUT2D eigenvalue weighted by Gasteiger charge is -2.26. The topological polar surface area (TPSA) is 87.4 Å². The summed E-state index contributed by atoms with van der Waals surface area (Å²) in [7, 11) is 3.10. The van der Waals surface area contributed by atoms with E-state index in [1.54, 1.807) is 55.5 Å². The highest BCUT2D eigenvalue weighted by Crippen LogP contribution is 2.42. The molecule has 1 amide bonds. The van der Waals surface area contributed by atoms with Gasteiger partial charge in [0.05, 0.1) is 31.2 Å². The second kappa shape index (κ2) is 8.09. The first-order valence-electron chi connectivity index (χ1n) is 11.1. The molecule has 0 fully saturated rings. The minimum absolute atomic E-state index is 0.0502. The Kier molecular flexibility index (Phi) is 4.88. The van der Waals surface area contributed by atoms with Crippen LogP contribution in [0.2, 0.25) is 0 Å². The predicted molar refractivity (Wildman–Crippen MR) is 126 cm³/mol. The van der Waals surface area contributed by atoms with Gasteiger partial charge in [0, 0.05) is 6.54 Å². The molecule has 0 unspecified atom stereocenters. The van der Waals surface area contributed by atoms with Crippen LogP contribution in [0.1, 0.15) is 33.3 Å². The molecule has 1 aromatic heterocycles. The van der Waals surface area contributed by atoms with Gasteiger partial charge in [0.25, 0.3) is 5.91 Å². The van der Waals surface area contributed by atoms with E-state index in [2.05, 4.69) is 0 Å². The van der Waals surface area contributed by atoms with Crippen LogP contribution >= 0.6 is 0 Å². The van der Waals surface area contributed by atoms with Gasteiger partial charge in [-0.15, -0.1) is 0 Å². The maximum atomic E-state index is 13.7. The molecule has 176 valence electrons. The quantitative estimate of drug-likeness (QED) is 0.429. The maximum Gasteiger partial charge on any atom is 0.291 e. The van der Waals surface area contributed by atoms with Crippen LogP contribution in [0.4, 0.5) is 0 Å². The molecule has 0 saturated heterocycles. The first-order valence-corrected chi connectivity index (χ1v) is 11.1. The third kappa shape index (κ3) is 3.29. The molecule has 0 N–H and O–H groups in total. The van der Waals surface area contributed by atoms with Gasteiger partial charge in [-0.2, -0.15) is 0 Å². The van der Waals surface area contributed by atoms with Gasteiger partial charge in [0.2, 0.25) is 12.6 Å². The fourth-order valence-corrected chi connectivity index (χ4v) is 4.74. The molecule has 3 aromatic carbocycles. The summed E-state index contributed by atoms with van der Waals surface area (Å²) in [6.07, 6.45) is 0. The van der Waals surface area contributed by atoms with E-state index in [0.717, 1.165) is 5.56 Å². The lowest BCUT2D eigenvalue weighted by Crippen LogP contribution is -2.29. The third-order valence-corrected chi connectivity index (χ3v) is 6.39. The van der Waals surface area contributed by atoms with Gasteiger partial charge in [-0.1, -0.05) is 24.3 Å². The van der Waals surface area contributed by atoms with E-state index < -0.39 is 6.04 Å². The van der Waals surface area contributed by atoms with Gasteiger partial charge in [0.1, 0.15) is 5.58 Å². The smallest absolute Gasteiger partial charge is 0.291 e. The minimum atomic E-state index is -0.677. The molecule has 2 aliphatic rings. The lowest BCUT2D eigenvalue weighted by atomic mass is 9.97. The molecule has 6 rings (SSSR count). The molecule has 1 atom stereocenters. The number of rotatable bonds is 5. The summed E-state index contributed by atoms with van der Waals surface area (Å²) < 4.78 is 27.8. The van der Waals surface area contributed by atoms with Crippen molar-refractivity contribution in [2.75, 3.05) is 21.0 Å². The van der Waals surface area contributed by atoms with Gasteiger partial charge in [-0.3, -0.25) is 9.59 Å². The highest BCUT2D eigenvalue weighted by molar-refractivity contribution is 5.99. The van der Waals surface area contributed by atoms with E-state index >= 15 is 0 Å². The van der Waals surface area contributed by atoms with Crippen LogP contribution in [0, 0.1) is 0 Å². The summed E-state index contributed by atoms with van der Waals surface area (Å²) in [5.74, 6) is 2.01. The Morgan fingerprint density at radius 2 is 1.71 bits per heavy atom. The molecule has 8 nitrogen and oxygen atoms in total. The fourth-order valence-electron chi connectivity index (χ4n) is 4.74. The van der Waals surface area contributed by atoms with E-state index in [-0.39, 0.29) is 30.4 Å².